The van der Waals surface area contributed by atoms with E-state index in [-0.39, 0.29) is 5.78 Å². The van der Waals surface area contributed by atoms with Crippen LogP contribution in [-0.4, -0.2) is 31.3 Å². The number of carbonyl (C=O) groups is 1. The number of Topliss-reactive ketones (excluding diaryl/α,β-unsaturated/α-hetero) is 1. The maximum atomic E-state index is 11.5. The Hall–Kier alpha value is -0.870. The van der Waals surface area contributed by atoms with Crippen LogP contribution in [0, 0.1) is 0 Å². The van der Waals surface area contributed by atoms with Crippen LogP contribution in [0.4, 0.5) is 5.00 Å². The van der Waals surface area contributed by atoms with Crippen molar-refractivity contribution in [2.24, 2.45) is 0 Å². The van der Waals surface area contributed by atoms with Crippen molar-refractivity contribution in [3.8, 4) is 0 Å². The standard InChI is InChI=1S/C9H14N2OS/c1-11(2)6-5-7(12)8-3-4-9(10)13-8/h3-4H,5-6,10H2,1-2H3. The van der Waals surface area contributed by atoms with Gasteiger partial charge < -0.3 is 10.6 Å². The van der Waals surface area contributed by atoms with Gasteiger partial charge in [-0.25, -0.2) is 0 Å². The number of nitrogen functional groups attached to an aromatic ring is 1. The Morgan fingerprint density at radius 1 is 1.54 bits per heavy atom. The second-order valence-corrected chi connectivity index (χ2v) is 4.29. The number of thiophene rings is 1. The van der Waals surface area contributed by atoms with Crippen LogP contribution in [0.25, 0.3) is 0 Å². The Morgan fingerprint density at radius 3 is 2.69 bits per heavy atom. The van der Waals surface area contributed by atoms with Crippen molar-refractivity contribution in [1.82, 2.24) is 4.90 Å². The first-order valence-electron chi connectivity index (χ1n) is 4.13. The molecule has 0 fully saturated rings. The van der Waals surface area contributed by atoms with Gasteiger partial charge in [0.25, 0.3) is 0 Å². The Kier molecular flexibility index (Phi) is 3.45. The van der Waals surface area contributed by atoms with Gasteiger partial charge in [0.05, 0.1) is 9.88 Å². The summed E-state index contributed by atoms with van der Waals surface area (Å²) < 4.78 is 0. The summed E-state index contributed by atoms with van der Waals surface area (Å²) in [7, 11) is 3.91. The molecule has 0 spiro atoms. The lowest BCUT2D eigenvalue weighted by Gasteiger charge is -2.06. The molecule has 1 rings (SSSR count). The average Bonchev–Trinajstić information content (AvgIpc) is 2.47. The van der Waals surface area contributed by atoms with Gasteiger partial charge in [-0.2, -0.15) is 0 Å². The van der Waals surface area contributed by atoms with Crippen molar-refractivity contribution in [3.05, 3.63) is 17.0 Å². The molecule has 2 N–H and O–H groups in total. The topological polar surface area (TPSA) is 46.3 Å². The molecule has 1 aromatic heterocycles. The lowest BCUT2D eigenvalue weighted by Crippen LogP contribution is -2.16. The second kappa shape index (κ2) is 4.39. The third kappa shape index (κ3) is 3.16. The molecule has 0 saturated heterocycles. The lowest BCUT2D eigenvalue weighted by atomic mass is 10.2. The van der Waals surface area contributed by atoms with Crippen LogP contribution in [-0.2, 0) is 0 Å². The third-order valence-electron chi connectivity index (χ3n) is 1.69. The first-order chi connectivity index (χ1) is 6.09. The summed E-state index contributed by atoms with van der Waals surface area (Å²) in [6.45, 7) is 0.788. The summed E-state index contributed by atoms with van der Waals surface area (Å²) in [5.41, 5.74) is 5.53. The maximum absolute atomic E-state index is 11.5. The van der Waals surface area contributed by atoms with Crippen molar-refractivity contribution in [2.75, 3.05) is 26.4 Å². The fourth-order valence-corrected chi connectivity index (χ4v) is 1.69. The van der Waals surface area contributed by atoms with E-state index in [4.69, 9.17) is 5.73 Å². The molecule has 1 aromatic rings. The zero-order chi connectivity index (χ0) is 9.84. The molecule has 0 aliphatic heterocycles. The number of carbonyl (C=O) groups excluding carboxylic acids is 1. The SMILES string of the molecule is CN(C)CCC(=O)c1ccc(N)s1. The summed E-state index contributed by atoms with van der Waals surface area (Å²) >= 11 is 1.36. The highest BCUT2D eigenvalue weighted by molar-refractivity contribution is 7.17. The van der Waals surface area contributed by atoms with Crippen LogP contribution in [0.3, 0.4) is 0 Å². The van der Waals surface area contributed by atoms with Crippen LogP contribution < -0.4 is 5.73 Å². The summed E-state index contributed by atoms with van der Waals surface area (Å²) in [5, 5.41) is 0.702. The molecular weight excluding hydrogens is 184 g/mol. The zero-order valence-electron chi connectivity index (χ0n) is 7.91. The molecule has 0 amide bonds. The molecule has 4 heteroatoms. The highest BCUT2D eigenvalue weighted by atomic mass is 32.1. The van der Waals surface area contributed by atoms with Crippen LogP contribution in [0.1, 0.15) is 16.1 Å². The Bertz CT molecular complexity index is 294. The van der Waals surface area contributed by atoms with E-state index < -0.39 is 0 Å². The van der Waals surface area contributed by atoms with Crippen LogP contribution in [0.15, 0.2) is 12.1 Å². The van der Waals surface area contributed by atoms with E-state index in [2.05, 4.69) is 0 Å². The van der Waals surface area contributed by atoms with Crippen LogP contribution in [0.5, 0.6) is 0 Å². The first kappa shape index (κ1) is 10.2. The second-order valence-electron chi connectivity index (χ2n) is 3.18. The Labute approximate surface area is 82.2 Å². The highest BCUT2D eigenvalue weighted by Gasteiger charge is 2.07. The minimum absolute atomic E-state index is 0.176. The van der Waals surface area contributed by atoms with E-state index in [9.17, 15) is 4.79 Å². The molecule has 0 aliphatic rings. The van der Waals surface area contributed by atoms with Gasteiger partial charge in [0, 0.05) is 13.0 Å². The van der Waals surface area contributed by atoms with Gasteiger partial charge in [0.1, 0.15) is 0 Å². The van der Waals surface area contributed by atoms with Gasteiger partial charge in [-0.3, -0.25) is 4.79 Å². The summed E-state index contributed by atoms with van der Waals surface area (Å²) in [6.07, 6.45) is 0.562. The molecule has 3 nitrogen and oxygen atoms in total. The third-order valence-corrected chi connectivity index (χ3v) is 2.64. The molecule has 0 aromatic carbocycles. The molecule has 0 atom stereocenters. The molecule has 0 radical (unpaired) electrons. The molecule has 0 saturated carbocycles. The smallest absolute Gasteiger partial charge is 0.174 e. The van der Waals surface area contributed by atoms with Crippen molar-refractivity contribution < 1.29 is 4.79 Å². The number of rotatable bonds is 4. The van der Waals surface area contributed by atoms with Gasteiger partial charge in [-0.05, 0) is 26.2 Å². The summed E-state index contributed by atoms with van der Waals surface area (Å²) in [5.74, 6) is 0.176. The Balaban J connectivity index is 2.49. The van der Waals surface area contributed by atoms with Gasteiger partial charge in [0.15, 0.2) is 5.78 Å². The maximum Gasteiger partial charge on any atom is 0.174 e. The number of ketones is 1. The fourth-order valence-electron chi connectivity index (χ4n) is 0.951. The van der Waals surface area contributed by atoms with Crippen molar-refractivity contribution in [3.63, 3.8) is 0 Å². The predicted molar refractivity (Wildman–Crippen MR) is 56.2 cm³/mol. The first-order valence-corrected chi connectivity index (χ1v) is 4.94. The molecule has 0 aliphatic carbocycles. The van der Waals surface area contributed by atoms with Crippen molar-refractivity contribution in [2.45, 2.75) is 6.42 Å². The zero-order valence-corrected chi connectivity index (χ0v) is 8.73. The van der Waals surface area contributed by atoms with Crippen LogP contribution >= 0.6 is 11.3 Å². The molecular formula is C9H14N2OS. The van der Waals surface area contributed by atoms with Crippen LogP contribution in [0.2, 0.25) is 0 Å². The monoisotopic (exact) mass is 198 g/mol. The number of hydrogen-bond acceptors (Lipinski definition) is 4. The minimum Gasteiger partial charge on any atom is -0.391 e. The van der Waals surface area contributed by atoms with Crippen molar-refractivity contribution >= 4 is 22.1 Å². The Morgan fingerprint density at radius 2 is 2.23 bits per heavy atom. The van der Waals surface area contributed by atoms with E-state index in [0.717, 1.165) is 11.4 Å². The molecule has 13 heavy (non-hydrogen) atoms. The van der Waals surface area contributed by atoms with E-state index in [0.29, 0.717) is 11.4 Å². The minimum atomic E-state index is 0.176. The van der Waals surface area contributed by atoms with E-state index in [1.807, 2.05) is 19.0 Å². The number of anilines is 1. The van der Waals surface area contributed by atoms with E-state index in [1.165, 1.54) is 11.3 Å². The van der Waals surface area contributed by atoms with Gasteiger partial charge in [-0.1, -0.05) is 0 Å². The van der Waals surface area contributed by atoms with Gasteiger partial charge >= 0.3 is 0 Å². The van der Waals surface area contributed by atoms with E-state index >= 15 is 0 Å². The lowest BCUT2D eigenvalue weighted by molar-refractivity contribution is 0.0976. The van der Waals surface area contributed by atoms with E-state index in [1.54, 1.807) is 12.1 Å². The number of nitrogens with two attached hydrogens (primary N) is 1. The molecule has 0 bridgehead atoms. The summed E-state index contributed by atoms with van der Waals surface area (Å²) in [6, 6.07) is 3.56. The number of hydrogen-bond donors (Lipinski definition) is 1. The molecule has 1 heterocycles. The van der Waals surface area contributed by atoms with Gasteiger partial charge in [0.2, 0.25) is 0 Å². The predicted octanol–water partition coefficient (Wildman–Crippen LogP) is 1.46. The largest absolute Gasteiger partial charge is 0.391 e. The normalized spacial score (nSPS) is 10.7. The van der Waals surface area contributed by atoms with Crippen molar-refractivity contribution in [1.29, 1.82) is 0 Å². The quantitative estimate of drug-likeness (QED) is 0.745. The average molecular weight is 198 g/mol. The molecule has 0 unspecified atom stereocenters. The number of nitrogens with zero attached hydrogens (tertiary/aromatic N) is 1. The summed E-state index contributed by atoms with van der Waals surface area (Å²) in [4.78, 5) is 14.2. The fraction of sp³-hybridized carbons (Fsp3) is 0.444. The molecule has 72 valence electrons. The highest BCUT2D eigenvalue weighted by Crippen LogP contribution is 2.19. The van der Waals surface area contributed by atoms with Gasteiger partial charge in [-0.15, -0.1) is 11.3 Å².